The van der Waals surface area contributed by atoms with Crippen LogP contribution in [-0.2, 0) is 11.3 Å². The minimum absolute atomic E-state index is 0.416. The molecule has 1 aromatic carbocycles. The minimum Gasteiger partial charge on any atom is -0.376 e. The Morgan fingerprint density at radius 1 is 1.11 bits per heavy atom. The van der Waals surface area contributed by atoms with E-state index in [9.17, 15) is 0 Å². The van der Waals surface area contributed by atoms with Gasteiger partial charge in [0.15, 0.2) is 0 Å². The number of nitrogens with one attached hydrogen (secondary N) is 1. The fourth-order valence-corrected chi connectivity index (χ4v) is 3.25. The Morgan fingerprint density at radius 3 is 2.50 bits per heavy atom. The maximum Gasteiger partial charge on any atom is 0.0757 e. The van der Waals surface area contributed by atoms with Crippen molar-refractivity contribution < 1.29 is 4.74 Å². The van der Waals surface area contributed by atoms with Crippen LogP contribution in [0.4, 0.5) is 0 Å². The number of benzene rings is 1. The number of hydrogen-bond acceptors (Lipinski definition) is 2. The molecule has 1 aromatic rings. The summed E-state index contributed by atoms with van der Waals surface area (Å²) < 4.78 is 5.81. The molecule has 0 amide bonds. The smallest absolute Gasteiger partial charge is 0.0757 e. The molecule has 18 heavy (non-hydrogen) atoms. The standard InChI is InChI=1S/C14H17Cl2NO/c15-11-5-9(6-12(16)7-11)8-17-13-3-4-18-14(13)10-1-2-10/h5-7,10,13-14,17H,1-4,8H2. The summed E-state index contributed by atoms with van der Waals surface area (Å²) in [7, 11) is 0. The molecule has 2 aliphatic rings. The zero-order chi connectivity index (χ0) is 12.5. The van der Waals surface area contributed by atoms with Crippen molar-refractivity contribution in [1.82, 2.24) is 5.32 Å². The SMILES string of the molecule is Clc1cc(Cl)cc(CNC2CCOC2C2CC2)c1. The predicted molar refractivity (Wildman–Crippen MR) is 74.2 cm³/mol. The van der Waals surface area contributed by atoms with Gasteiger partial charge in [0.25, 0.3) is 0 Å². The summed E-state index contributed by atoms with van der Waals surface area (Å²) in [6.07, 6.45) is 4.17. The molecule has 2 unspecified atom stereocenters. The normalized spacial score (nSPS) is 27.7. The molecular formula is C14H17Cl2NO. The van der Waals surface area contributed by atoms with E-state index < -0.39 is 0 Å². The first-order valence-corrected chi connectivity index (χ1v) is 7.28. The third-order valence-corrected chi connectivity index (χ3v) is 4.15. The maximum absolute atomic E-state index is 6.00. The van der Waals surface area contributed by atoms with Crippen LogP contribution in [0.25, 0.3) is 0 Å². The quantitative estimate of drug-likeness (QED) is 0.912. The second-order valence-corrected chi connectivity index (χ2v) is 6.10. The van der Waals surface area contributed by atoms with Crippen LogP contribution in [0.2, 0.25) is 10.0 Å². The van der Waals surface area contributed by atoms with E-state index in [0.717, 1.165) is 31.1 Å². The molecule has 1 heterocycles. The molecule has 0 spiro atoms. The van der Waals surface area contributed by atoms with Gasteiger partial charge < -0.3 is 10.1 Å². The Morgan fingerprint density at radius 2 is 1.83 bits per heavy atom. The molecule has 2 nitrogen and oxygen atoms in total. The number of rotatable bonds is 4. The van der Waals surface area contributed by atoms with Crippen molar-refractivity contribution in [2.45, 2.75) is 38.0 Å². The Balaban J connectivity index is 1.59. The van der Waals surface area contributed by atoms with E-state index >= 15 is 0 Å². The summed E-state index contributed by atoms with van der Waals surface area (Å²) >= 11 is 12.0. The summed E-state index contributed by atoms with van der Waals surface area (Å²) in [5, 5.41) is 4.97. The number of hydrogen-bond donors (Lipinski definition) is 1. The monoisotopic (exact) mass is 285 g/mol. The van der Waals surface area contributed by atoms with Gasteiger partial charge in [-0.1, -0.05) is 23.2 Å². The molecule has 3 rings (SSSR count). The first kappa shape index (κ1) is 12.7. The minimum atomic E-state index is 0.416. The Hall–Kier alpha value is -0.280. The first-order chi connectivity index (χ1) is 8.72. The largest absolute Gasteiger partial charge is 0.376 e. The Labute approximate surface area is 118 Å². The molecule has 1 saturated carbocycles. The molecular weight excluding hydrogens is 269 g/mol. The van der Waals surface area contributed by atoms with Crippen LogP contribution in [0.3, 0.4) is 0 Å². The lowest BCUT2D eigenvalue weighted by Crippen LogP contribution is -2.37. The molecule has 0 radical (unpaired) electrons. The molecule has 0 bridgehead atoms. The lowest BCUT2D eigenvalue weighted by atomic mass is 10.1. The van der Waals surface area contributed by atoms with Gasteiger partial charge in [-0.3, -0.25) is 0 Å². The van der Waals surface area contributed by atoms with Gasteiger partial charge >= 0.3 is 0 Å². The number of halogens is 2. The van der Waals surface area contributed by atoms with Crippen LogP contribution in [0, 0.1) is 5.92 Å². The third kappa shape index (κ3) is 3.00. The predicted octanol–water partition coefficient (Wildman–Crippen LogP) is 3.65. The molecule has 1 N–H and O–H groups in total. The van der Waals surface area contributed by atoms with E-state index in [1.807, 2.05) is 12.1 Å². The summed E-state index contributed by atoms with van der Waals surface area (Å²) in [4.78, 5) is 0. The van der Waals surface area contributed by atoms with E-state index in [1.165, 1.54) is 12.8 Å². The molecule has 1 aliphatic carbocycles. The van der Waals surface area contributed by atoms with Crippen molar-refractivity contribution in [1.29, 1.82) is 0 Å². The van der Waals surface area contributed by atoms with Gasteiger partial charge in [0.05, 0.1) is 6.10 Å². The van der Waals surface area contributed by atoms with Crippen LogP contribution in [0.5, 0.6) is 0 Å². The van der Waals surface area contributed by atoms with E-state index in [0.29, 0.717) is 22.2 Å². The highest BCUT2D eigenvalue weighted by Crippen LogP contribution is 2.38. The van der Waals surface area contributed by atoms with Crippen molar-refractivity contribution in [2.75, 3.05) is 6.61 Å². The van der Waals surface area contributed by atoms with Gasteiger partial charge in [-0.2, -0.15) is 0 Å². The van der Waals surface area contributed by atoms with Crippen LogP contribution in [0.1, 0.15) is 24.8 Å². The van der Waals surface area contributed by atoms with Gasteiger partial charge in [0.2, 0.25) is 0 Å². The molecule has 1 saturated heterocycles. The van der Waals surface area contributed by atoms with Crippen LogP contribution in [0.15, 0.2) is 18.2 Å². The lowest BCUT2D eigenvalue weighted by molar-refractivity contribution is 0.0809. The van der Waals surface area contributed by atoms with Crippen LogP contribution >= 0.6 is 23.2 Å². The molecule has 1 aliphatic heterocycles. The molecule has 4 heteroatoms. The van der Waals surface area contributed by atoms with Crippen molar-refractivity contribution in [2.24, 2.45) is 5.92 Å². The fraction of sp³-hybridized carbons (Fsp3) is 0.571. The highest BCUT2D eigenvalue weighted by Gasteiger charge is 2.40. The molecule has 98 valence electrons. The van der Waals surface area contributed by atoms with Crippen LogP contribution in [-0.4, -0.2) is 18.8 Å². The summed E-state index contributed by atoms with van der Waals surface area (Å²) in [6, 6.07) is 6.17. The van der Waals surface area contributed by atoms with Crippen molar-refractivity contribution in [3.8, 4) is 0 Å². The lowest BCUT2D eigenvalue weighted by Gasteiger charge is -2.19. The van der Waals surface area contributed by atoms with Gasteiger partial charge in [-0.05, 0) is 48.9 Å². The highest BCUT2D eigenvalue weighted by molar-refractivity contribution is 6.34. The summed E-state index contributed by atoms with van der Waals surface area (Å²) in [6.45, 7) is 1.69. The van der Waals surface area contributed by atoms with Crippen LogP contribution < -0.4 is 5.32 Å². The van der Waals surface area contributed by atoms with Gasteiger partial charge in [-0.15, -0.1) is 0 Å². The Bertz CT molecular complexity index is 414. The third-order valence-electron chi connectivity index (χ3n) is 3.71. The van der Waals surface area contributed by atoms with Crippen molar-refractivity contribution >= 4 is 23.2 Å². The second-order valence-electron chi connectivity index (χ2n) is 5.23. The zero-order valence-corrected chi connectivity index (χ0v) is 11.7. The average molecular weight is 286 g/mol. The second kappa shape index (κ2) is 5.38. The van der Waals surface area contributed by atoms with Gasteiger partial charge in [0, 0.05) is 29.2 Å². The molecule has 2 fully saturated rings. The van der Waals surface area contributed by atoms with E-state index in [2.05, 4.69) is 5.32 Å². The first-order valence-electron chi connectivity index (χ1n) is 6.52. The fourth-order valence-electron chi connectivity index (χ4n) is 2.68. The summed E-state index contributed by atoms with van der Waals surface area (Å²) in [5.41, 5.74) is 1.13. The molecule has 2 atom stereocenters. The van der Waals surface area contributed by atoms with E-state index in [-0.39, 0.29) is 0 Å². The van der Waals surface area contributed by atoms with Crippen molar-refractivity contribution in [3.05, 3.63) is 33.8 Å². The topological polar surface area (TPSA) is 21.3 Å². The highest BCUT2D eigenvalue weighted by atomic mass is 35.5. The van der Waals surface area contributed by atoms with Crippen molar-refractivity contribution in [3.63, 3.8) is 0 Å². The number of ether oxygens (including phenoxy) is 1. The van der Waals surface area contributed by atoms with E-state index in [1.54, 1.807) is 6.07 Å². The average Bonchev–Trinajstić information content (AvgIpc) is 3.05. The zero-order valence-electron chi connectivity index (χ0n) is 10.2. The van der Waals surface area contributed by atoms with Gasteiger partial charge in [0.1, 0.15) is 0 Å². The molecule has 0 aromatic heterocycles. The van der Waals surface area contributed by atoms with E-state index in [4.69, 9.17) is 27.9 Å². The summed E-state index contributed by atoms with van der Waals surface area (Å²) in [5.74, 6) is 0.785. The maximum atomic E-state index is 6.00. The van der Waals surface area contributed by atoms with Gasteiger partial charge in [-0.25, -0.2) is 0 Å². The Kier molecular flexibility index (Phi) is 3.81.